The first-order valence-electron chi connectivity index (χ1n) is 10.4. The fourth-order valence-electron chi connectivity index (χ4n) is 2.80. The minimum absolute atomic E-state index is 0.0317. The van der Waals surface area contributed by atoms with Gasteiger partial charge in [-0.25, -0.2) is 4.79 Å². The number of hydrogen-bond acceptors (Lipinski definition) is 6. The van der Waals surface area contributed by atoms with Crippen molar-refractivity contribution in [2.75, 3.05) is 5.75 Å². The highest BCUT2D eigenvalue weighted by Crippen LogP contribution is 2.09. The Labute approximate surface area is 184 Å². The zero-order valence-corrected chi connectivity index (χ0v) is 19.7. The van der Waals surface area contributed by atoms with Crippen molar-refractivity contribution in [2.24, 2.45) is 23.5 Å². The number of amides is 3. The second kappa shape index (κ2) is 13.5. The molecule has 0 saturated heterocycles. The molecule has 0 bridgehead atoms. The van der Waals surface area contributed by atoms with Crippen molar-refractivity contribution < 1.29 is 24.3 Å². The molecule has 174 valence electrons. The van der Waals surface area contributed by atoms with Crippen molar-refractivity contribution in [1.29, 1.82) is 0 Å². The average Bonchev–Trinajstić information content (AvgIpc) is 2.65. The van der Waals surface area contributed by atoms with Gasteiger partial charge in [0.25, 0.3) is 0 Å². The quantitative estimate of drug-likeness (QED) is 0.227. The van der Waals surface area contributed by atoms with Crippen LogP contribution in [0.15, 0.2) is 0 Å². The highest BCUT2D eigenvalue weighted by Gasteiger charge is 2.32. The van der Waals surface area contributed by atoms with Crippen LogP contribution in [0.1, 0.15) is 54.4 Å². The van der Waals surface area contributed by atoms with Crippen LogP contribution in [0.2, 0.25) is 0 Å². The van der Waals surface area contributed by atoms with Crippen LogP contribution in [0.4, 0.5) is 0 Å². The van der Waals surface area contributed by atoms with Gasteiger partial charge in [0.05, 0.1) is 6.04 Å². The Bertz CT molecular complexity index is 600. The van der Waals surface area contributed by atoms with E-state index >= 15 is 0 Å². The molecule has 0 fully saturated rings. The van der Waals surface area contributed by atoms with Crippen LogP contribution < -0.4 is 21.7 Å². The maximum Gasteiger partial charge on any atom is 0.326 e. The summed E-state index contributed by atoms with van der Waals surface area (Å²) in [7, 11) is 0. The molecule has 3 amide bonds. The van der Waals surface area contributed by atoms with Crippen molar-refractivity contribution in [3.05, 3.63) is 0 Å². The van der Waals surface area contributed by atoms with Crippen LogP contribution in [0.25, 0.3) is 0 Å². The average molecular weight is 447 g/mol. The molecule has 5 atom stereocenters. The molecule has 0 radical (unpaired) electrons. The zero-order chi connectivity index (χ0) is 23.6. The van der Waals surface area contributed by atoms with E-state index in [0.29, 0.717) is 12.8 Å². The van der Waals surface area contributed by atoms with E-state index < -0.39 is 47.9 Å². The van der Waals surface area contributed by atoms with Crippen LogP contribution in [0.3, 0.4) is 0 Å². The van der Waals surface area contributed by atoms with Crippen LogP contribution in [0.5, 0.6) is 0 Å². The fourth-order valence-corrected chi connectivity index (χ4v) is 3.06. The molecule has 0 aliphatic rings. The Morgan fingerprint density at radius 2 is 1.43 bits per heavy atom. The van der Waals surface area contributed by atoms with Crippen LogP contribution in [-0.4, -0.2) is 58.7 Å². The number of carbonyl (C=O) groups excluding carboxylic acids is 3. The predicted molar refractivity (Wildman–Crippen MR) is 119 cm³/mol. The lowest BCUT2D eigenvalue weighted by atomic mass is 9.98. The number of thiol groups is 1. The van der Waals surface area contributed by atoms with Gasteiger partial charge in [-0.1, -0.05) is 48.0 Å². The number of carboxylic acids is 1. The lowest BCUT2D eigenvalue weighted by molar-refractivity contribution is -0.143. The lowest BCUT2D eigenvalue weighted by Crippen LogP contribution is -2.59. The van der Waals surface area contributed by atoms with Gasteiger partial charge in [0, 0.05) is 5.75 Å². The maximum atomic E-state index is 12.8. The number of nitrogens with one attached hydrogen (secondary N) is 3. The first kappa shape index (κ1) is 28.2. The van der Waals surface area contributed by atoms with Crippen molar-refractivity contribution in [1.82, 2.24) is 16.0 Å². The molecule has 10 heteroatoms. The molecule has 0 rings (SSSR count). The second-order valence-electron chi connectivity index (χ2n) is 8.42. The highest BCUT2D eigenvalue weighted by molar-refractivity contribution is 7.80. The van der Waals surface area contributed by atoms with Crippen molar-refractivity contribution in [3.8, 4) is 0 Å². The third-order valence-corrected chi connectivity index (χ3v) is 5.27. The molecule has 0 aliphatic carbocycles. The molecule has 9 nitrogen and oxygen atoms in total. The van der Waals surface area contributed by atoms with Gasteiger partial charge in [-0.15, -0.1) is 0 Å². The SMILES string of the molecule is CCC(C)C(NC(=O)C(CS)NC(=O)C(NC(=O)C(N)CC(C)C)C(C)C)C(=O)O. The monoisotopic (exact) mass is 446 g/mol. The summed E-state index contributed by atoms with van der Waals surface area (Å²) in [6, 6.07) is -3.75. The Hall–Kier alpha value is -1.81. The summed E-state index contributed by atoms with van der Waals surface area (Å²) in [6.45, 7) is 11.0. The molecule has 0 aromatic rings. The second-order valence-corrected chi connectivity index (χ2v) is 8.79. The number of carboxylic acid groups (broad SMARTS) is 1. The van der Waals surface area contributed by atoms with Gasteiger partial charge in [0.1, 0.15) is 18.1 Å². The van der Waals surface area contributed by atoms with Gasteiger partial charge in [0.15, 0.2) is 0 Å². The minimum Gasteiger partial charge on any atom is -0.480 e. The summed E-state index contributed by atoms with van der Waals surface area (Å²) in [6.07, 6.45) is 1.04. The molecule has 5 unspecified atom stereocenters. The van der Waals surface area contributed by atoms with Crippen molar-refractivity contribution in [2.45, 2.75) is 78.6 Å². The number of hydrogen-bond donors (Lipinski definition) is 6. The zero-order valence-electron chi connectivity index (χ0n) is 18.8. The normalized spacial score (nSPS) is 16.3. The first-order valence-corrected chi connectivity index (χ1v) is 11.0. The van der Waals surface area contributed by atoms with E-state index in [1.165, 1.54) is 0 Å². The van der Waals surface area contributed by atoms with Gasteiger partial charge in [0.2, 0.25) is 17.7 Å². The molecule has 0 aromatic heterocycles. The van der Waals surface area contributed by atoms with Gasteiger partial charge in [-0.3, -0.25) is 14.4 Å². The van der Waals surface area contributed by atoms with E-state index in [2.05, 4.69) is 28.6 Å². The van der Waals surface area contributed by atoms with Crippen LogP contribution >= 0.6 is 12.6 Å². The van der Waals surface area contributed by atoms with Crippen LogP contribution in [0, 0.1) is 17.8 Å². The van der Waals surface area contributed by atoms with Gasteiger partial charge in [-0.2, -0.15) is 12.6 Å². The maximum absolute atomic E-state index is 12.8. The molecule has 0 aromatic carbocycles. The molecule has 0 heterocycles. The third-order valence-electron chi connectivity index (χ3n) is 4.90. The molecule has 6 N–H and O–H groups in total. The Kier molecular flexibility index (Phi) is 12.7. The van der Waals surface area contributed by atoms with Crippen molar-refractivity contribution >= 4 is 36.3 Å². The summed E-state index contributed by atoms with van der Waals surface area (Å²) < 4.78 is 0. The van der Waals surface area contributed by atoms with Crippen LogP contribution in [-0.2, 0) is 19.2 Å². The fraction of sp³-hybridized carbons (Fsp3) is 0.800. The number of carbonyl (C=O) groups is 4. The van der Waals surface area contributed by atoms with Gasteiger partial charge < -0.3 is 26.8 Å². The third kappa shape index (κ3) is 9.34. The van der Waals surface area contributed by atoms with E-state index in [0.717, 1.165) is 0 Å². The Morgan fingerprint density at radius 1 is 0.900 bits per heavy atom. The molecule has 30 heavy (non-hydrogen) atoms. The van der Waals surface area contributed by atoms with E-state index in [1.54, 1.807) is 20.8 Å². The largest absolute Gasteiger partial charge is 0.480 e. The number of aliphatic carboxylic acids is 1. The lowest BCUT2D eigenvalue weighted by Gasteiger charge is -2.27. The van der Waals surface area contributed by atoms with Crippen molar-refractivity contribution in [3.63, 3.8) is 0 Å². The van der Waals surface area contributed by atoms with E-state index in [1.807, 2.05) is 20.8 Å². The van der Waals surface area contributed by atoms with Gasteiger partial charge >= 0.3 is 5.97 Å². The Balaban J connectivity index is 5.20. The summed E-state index contributed by atoms with van der Waals surface area (Å²) in [5.41, 5.74) is 5.89. The molecule has 0 aliphatic heterocycles. The number of rotatable bonds is 13. The molecule has 0 saturated carbocycles. The molecular formula is C20H38N4O5S. The standard InChI is InChI=1S/C20H38N4O5S/c1-7-12(6)16(20(28)29)24-18(26)14(9-30)22-19(27)15(11(4)5)23-17(25)13(21)8-10(2)3/h10-16,30H,7-9,21H2,1-6H3,(H,22,27)(H,23,25)(H,24,26)(H,28,29). The molecular weight excluding hydrogens is 408 g/mol. The Morgan fingerprint density at radius 3 is 1.83 bits per heavy atom. The summed E-state index contributed by atoms with van der Waals surface area (Å²) >= 11 is 4.11. The minimum atomic E-state index is -1.14. The topological polar surface area (TPSA) is 151 Å². The summed E-state index contributed by atoms with van der Waals surface area (Å²) in [5.74, 6) is -3.13. The highest BCUT2D eigenvalue weighted by atomic mass is 32.1. The summed E-state index contributed by atoms with van der Waals surface area (Å²) in [5, 5.41) is 17.0. The smallest absolute Gasteiger partial charge is 0.326 e. The van der Waals surface area contributed by atoms with Gasteiger partial charge in [-0.05, 0) is 24.2 Å². The summed E-state index contributed by atoms with van der Waals surface area (Å²) in [4.78, 5) is 49.1. The van der Waals surface area contributed by atoms with E-state index in [4.69, 9.17) is 5.73 Å². The van der Waals surface area contributed by atoms with E-state index in [9.17, 15) is 24.3 Å². The van der Waals surface area contributed by atoms with E-state index in [-0.39, 0.29) is 23.5 Å². The number of nitrogens with two attached hydrogens (primary N) is 1. The first-order chi connectivity index (χ1) is 13.8. The predicted octanol–water partition coefficient (Wildman–Crippen LogP) is 0.531. The molecule has 0 spiro atoms.